The van der Waals surface area contributed by atoms with Crippen LogP contribution in [-0.4, -0.2) is 25.5 Å². The zero-order chi connectivity index (χ0) is 14.5. The Bertz CT molecular complexity index is 492. The molecule has 1 saturated heterocycles. The number of amides is 1. The topological polar surface area (TPSA) is 41.1 Å². The molecule has 1 aliphatic carbocycles. The lowest BCUT2D eigenvalue weighted by Gasteiger charge is -2.22. The molecule has 1 fully saturated rings. The Hall–Kier alpha value is -1.35. The molecule has 0 spiro atoms. The van der Waals surface area contributed by atoms with Crippen LogP contribution in [0, 0.1) is 5.92 Å². The molecule has 3 nitrogen and oxygen atoms in total. The van der Waals surface area contributed by atoms with Crippen molar-refractivity contribution in [2.75, 3.05) is 19.6 Å². The van der Waals surface area contributed by atoms with Crippen molar-refractivity contribution >= 4 is 5.91 Å². The first-order valence-electron chi connectivity index (χ1n) is 8.39. The van der Waals surface area contributed by atoms with Crippen molar-refractivity contribution in [2.24, 2.45) is 5.92 Å². The lowest BCUT2D eigenvalue weighted by molar-refractivity contribution is -0.120. The van der Waals surface area contributed by atoms with Crippen LogP contribution < -0.4 is 10.6 Å². The molecule has 1 heterocycles. The van der Waals surface area contributed by atoms with Crippen LogP contribution in [0.4, 0.5) is 0 Å². The second-order valence-electron chi connectivity index (χ2n) is 6.48. The summed E-state index contributed by atoms with van der Waals surface area (Å²) in [5, 5.41) is 6.50. The molecule has 21 heavy (non-hydrogen) atoms. The molecule has 0 saturated carbocycles. The van der Waals surface area contributed by atoms with E-state index in [1.54, 1.807) is 0 Å². The minimum atomic E-state index is 0.164. The Labute approximate surface area is 127 Å². The zero-order valence-corrected chi connectivity index (χ0v) is 12.8. The zero-order valence-electron chi connectivity index (χ0n) is 12.8. The molecule has 1 unspecified atom stereocenters. The first-order valence-corrected chi connectivity index (χ1v) is 8.39. The Morgan fingerprint density at radius 3 is 3.00 bits per heavy atom. The number of piperidine rings is 1. The molecule has 0 aromatic heterocycles. The van der Waals surface area contributed by atoms with Crippen molar-refractivity contribution in [1.82, 2.24) is 10.6 Å². The molecule has 114 valence electrons. The summed E-state index contributed by atoms with van der Waals surface area (Å²) in [7, 11) is 0. The highest BCUT2D eigenvalue weighted by atomic mass is 16.1. The number of aryl methyl sites for hydroxylation is 2. The van der Waals surface area contributed by atoms with Crippen LogP contribution in [0.1, 0.15) is 42.4 Å². The van der Waals surface area contributed by atoms with Gasteiger partial charge in [-0.3, -0.25) is 4.79 Å². The number of fused-ring (bicyclic) bond motifs is 1. The molecule has 2 N–H and O–H groups in total. The van der Waals surface area contributed by atoms with Gasteiger partial charge in [0, 0.05) is 6.54 Å². The van der Waals surface area contributed by atoms with E-state index in [1.165, 1.54) is 43.2 Å². The smallest absolute Gasteiger partial charge is 0.224 e. The average molecular weight is 286 g/mol. The summed E-state index contributed by atoms with van der Waals surface area (Å²) in [6.07, 6.45) is 7.84. The summed E-state index contributed by atoms with van der Waals surface area (Å²) in [6.45, 7) is 3.08. The predicted octanol–water partition coefficient (Wildman–Crippen LogP) is 2.22. The first kappa shape index (κ1) is 14.6. The molecular formula is C18H26N2O. The normalized spacial score (nSPS) is 21.0. The van der Waals surface area contributed by atoms with E-state index >= 15 is 0 Å². The third kappa shape index (κ3) is 4.07. The summed E-state index contributed by atoms with van der Waals surface area (Å²) < 4.78 is 0. The maximum atomic E-state index is 12.0. The van der Waals surface area contributed by atoms with E-state index in [0.29, 0.717) is 6.42 Å². The summed E-state index contributed by atoms with van der Waals surface area (Å²) in [6, 6.07) is 6.56. The Morgan fingerprint density at radius 2 is 2.14 bits per heavy atom. The molecule has 3 rings (SSSR count). The van der Waals surface area contributed by atoms with Crippen LogP contribution in [0.3, 0.4) is 0 Å². The lowest BCUT2D eigenvalue weighted by atomic mass is 9.96. The van der Waals surface area contributed by atoms with Gasteiger partial charge in [-0.05, 0) is 74.2 Å². The van der Waals surface area contributed by atoms with E-state index in [1.807, 2.05) is 0 Å². The van der Waals surface area contributed by atoms with Crippen LogP contribution in [0.5, 0.6) is 0 Å². The van der Waals surface area contributed by atoms with Crippen molar-refractivity contribution in [3.8, 4) is 0 Å². The van der Waals surface area contributed by atoms with E-state index in [9.17, 15) is 4.79 Å². The highest BCUT2D eigenvalue weighted by Gasteiger charge is 2.14. The van der Waals surface area contributed by atoms with Crippen molar-refractivity contribution in [3.05, 3.63) is 34.9 Å². The van der Waals surface area contributed by atoms with E-state index < -0.39 is 0 Å². The Morgan fingerprint density at radius 1 is 1.24 bits per heavy atom. The van der Waals surface area contributed by atoms with Gasteiger partial charge in [-0.25, -0.2) is 0 Å². The molecule has 1 atom stereocenters. The number of rotatable bonds is 5. The minimum Gasteiger partial charge on any atom is -0.356 e. The number of hydrogen-bond donors (Lipinski definition) is 2. The van der Waals surface area contributed by atoms with Crippen LogP contribution in [0.2, 0.25) is 0 Å². The minimum absolute atomic E-state index is 0.164. The fourth-order valence-corrected chi connectivity index (χ4v) is 3.57. The van der Waals surface area contributed by atoms with E-state index in [4.69, 9.17) is 0 Å². The van der Waals surface area contributed by atoms with Gasteiger partial charge >= 0.3 is 0 Å². The second-order valence-corrected chi connectivity index (χ2v) is 6.48. The maximum Gasteiger partial charge on any atom is 0.224 e. The highest BCUT2D eigenvalue weighted by Crippen LogP contribution is 2.23. The van der Waals surface area contributed by atoms with Gasteiger partial charge in [0.05, 0.1) is 6.42 Å². The summed E-state index contributed by atoms with van der Waals surface area (Å²) in [4.78, 5) is 12.0. The molecule has 0 radical (unpaired) electrons. The van der Waals surface area contributed by atoms with Gasteiger partial charge in [0.2, 0.25) is 5.91 Å². The third-order valence-corrected chi connectivity index (χ3v) is 4.80. The van der Waals surface area contributed by atoms with Crippen LogP contribution in [0.25, 0.3) is 0 Å². The summed E-state index contributed by atoms with van der Waals surface area (Å²) in [5.41, 5.74) is 4.09. The van der Waals surface area contributed by atoms with Crippen molar-refractivity contribution in [3.63, 3.8) is 0 Å². The predicted molar refractivity (Wildman–Crippen MR) is 85.4 cm³/mol. The van der Waals surface area contributed by atoms with E-state index in [-0.39, 0.29) is 5.91 Å². The largest absolute Gasteiger partial charge is 0.356 e. The number of nitrogens with one attached hydrogen (secondary N) is 2. The highest BCUT2D eigenvalue weighted by molar-refractivity contribution is 5.78. The Kier molecular flexibility index (Phi) is 4.91. The second kappa shape index (κ2) is 7.08. The van der Waals surface area contributed by atoms with E-state index in [2.05, 4.69) is 28.8 Å². The van der Waals surface area contributed by atoms with Gasteiger partial charge in [0.25, 0.3) is 0 Å². The van der Waals surface area contributed by atoms with Crippen molar-refractivity contribution in [1.29, 1.82) is 0 Å². The summed E-state index contributed by atoms with van der Waals surface area (Å²) >= 11 is 0. The number of benzene rings is 1. The van der Waals surface area contributed by atoms with Gasteiger partial charge in [-0.1, -0.05) is 18.2 Å². The van der Waals surface area contributed by atoms with Gasteiger partial charge < -0.3 is 10.6 Å². The lowest BCUT2D eigenvalue weighted by Crippen LogP contribution is -2.33. The van der Waals surface area contributed by atoms with Gasteiger partial charge in [-0.2, -0.15) is 0 Å². The number of carbonyl (C=O) groups excluding carboxylic acids is 1. The molecule has 1 aromatic carbocycles. The van der Waals surface area contributed by atoms with Crippen molar-refractivity contribution < 1.29 is 4.79 Å². The number of hydrogen-bond acceptors (Lipinski definition) is 2. The summed E-state index contributed by atoms with van der Waals surface area (Å²) in [5.74, 6) is 0.899. The molecule has 1 amide bonds. The maximum absolute atomic E-state index is 12.0. The van der Waals surface area contributed by atoms with Gasteiger partial charge in [-0.15, -0.1) is 0 Å². The quantitative estimate of drug-likeness (QED) is 0.871. The fourth-order valence-electron chi connectivity index (χ4n) is 3.57. The SMILES string of the molecule is O=C(Cc1ccc2c(c1)CCC2)NCCC1CCCNC1. The monoisotopic (exact) mass is 286 g/mol. The van der Waals surface area contributed by atoms with E-state index in [0.717, 1.165) is 37.5 Å². The molecule has 1 aromatic rings. The number of carbonyl (C=O) groups is 1. The molecule has 0 bridgehead atoms. The van der Waals surface area contributed by atoms with Crippen LogP contribution in [0.15, 0.2) is 18.2 Å². The van der Waals surface area contributed by atoms with Crippen LogP contribution >= 0.6 is 0 Å². The third-order valence-electron chi connectivity index (χ3n) is 4.80. The van der Waals surface area contributed by atoms with Gasteiger partial charge in [0.1, 0.15) is 0 Å². The molecular weight excluding hydrogens is 260 g/mol. The molecule has 2 aliphatic rings. The van der Waals surface area contributed by atoms with Crippen LogP contribution in [-0.2, 0) is 24.1 Å². The molecule has 3 heteroatoms. The molecule has 1 aliphatic heterocycles. The van der Waals surface area contributed by atoms with Crippen molar-refractivity contribution in [2.45, 2.75) is 44.9 Å². The van der Waals surface area contributed by atoms with Gasteiger partial charge in [0.15, 0.2) is 0 Å². The standard InChI is InChI=1S/C18H26N2O/c21-18(20-10-8-14-3-2-9-19-13-14)12-15-6-7-16-4-1-5-17(16)11-15/h6-7,11,14,19H,1-5,8-10,12-13H2,(H,20,21). The fraction of sp³-hybridized carbons (Fsp3) is 0.611. The first-order chi connectivity index (χ1) is 10.3. The average Bonchev–Trinajstić information content (AvgIpc) is 2.96. The Balaban J connectivity index is 1.41.